The molecular formula is C15H20ClNO6. The Balaban J connectivity index is 0.000000241. The summed E-state index contributed by atoms with van der Waals surface area (Å²) in [6.07, 6.45) is -3.41. The molecule has 7 nitrogen and oxygen atoms in total. The van der Waals surface area contributed by atoms with Crippen LogP contribution in [0.5, 0.6) is 0 Å². The minimum atomic E-state index is -2.27. The molecule has 1 heterocycles. The van der Waals surface area contributed by atoms with Gasteiger partial charge in [0.2, 0.25) is 0 Å². The number of halogens is 1. The summed E-state index contributed by atoms with van der Waals surface area (Å²) >= 11 is 5.97. The predicted octanol–water partition coefficient (Wildman–Crippen LogP) is 0.467. The Morgan fingerprint density at radius 1 is 1.22 bits per heavy atom. The van der Waals surface area contributed by atoms with Crippen molar-refractivity contribution in [1.82, 2.24) is 5.32 Å². The molecule has 0 fully saturated rings. The molecule has 3 unspecified atom stereocenters. The second-order valence-electron chi connectivity index (χ2n) is 5.26. The van der Waals surface area contributed by atoms with Gasteiger partial charge in [0.25, 0.3) is 0 Å². The average molecular weight is 346 g/mol. The molecule has 1 aliphatic rings. The lowest BCUT2D eigenvalue weighted by Gasteiger charge is -2.11. The van der Waals surface area contributed by atoms with Gasteiger partial charge in [-0.2, -0.15) is 0 Å². The molecule has 0 spiro atoms. The van der Waals surface area contributed by atoms with Gasteiger partial charge < -0.3 is 25.7 Å². The number of carboxylic acids is 2. The van der Waals surface area contributed by atoms with E-state index in [1.54, 1.807) is 0 Å². The molecule has 128 valence electrons. The van der Waals surface area contributed by atoms with Crippen LogP contribution in [0.4, 0.5) is 0 Å². The summed E-state index contributed by atoms with van der Waals surface area (Å²) < 4.78 is 0. The first-order chi connectivity index (χ1) is 10.7. The summed E-state index contributed by atoms with van der Waals surface area (Å²) in [6, 6.07) is 6.24. The highest BCUT2D eigenvalue weighted by molar-refractivity contribution is 6.30. The first-order valence-electron chi connectivity index (χ1n) is 7.04. The molecular weight excluding hydrogens is 326 g/mol. The third kappa shape index (κ3) is 5.80. The topological polar surface area (TPSA) is 127 Å². The molecule has 0 aromatic heterocycles. The number of hydrogen-bond donors (Lipinski definition) is 5. The number of nitrogens with one attached hydrogen (secondary N) is 1. The van der Waals surface area contributed by atoms with Crippen molar-refractivity contribution >= 4 is 23.5 Å². The molecule has 0 bridgehead atoms. The van der Waals surface area contributed by atoms with Crippen molar-refractivity contribution in [3.63, 3.8) is 0 Å². The summed E-state index contributed by atoms with van der Waals surface area (Å²) in [5, 5.41) is 36.8. The molecule has 0 aliphatic carbocycles. The van der Waals surface area contributed by atoms with Crippen LogP contribution in [-0.4, -0.2) is 57.7 Å². The molecule has 8 heteroatoms. The fourth-order valence-electron chi connectivity index (χ4n) is 2.17. The number of hydrogen-bond acceptors (Lipinski definition) is 5. The molecule has 23 heavy (non-hydrogen) atoms. The van der Waals surface area contributed by atoms with Gasteiger partial charge in [0.15, 0.2) is 12.2 Å². The molecule has 1 aliphatic heterocycles. The van der Waals surface area contributed by atoms with E-state index in [1.807, 2.05) is 6.07 Å². The molecule has 5 N–H and O–H groups in total. The summed E-state index contributed by atoms with van der Waals surface area (Å²) in [7, 11) is 0. The van der Waals surface area contributed by atoms with Crippen molar-refractivity contribution in [1.29, 1.82) is 0 Å². The molecule has 1 aromatic carbocycles. The van der Waals surface area contributed by atoms with Gasteiger partial charge in [-0.05, 0) is 42.1 Å². The minimum Gasteiger partial charge on any atom is -0.479 e. The van der Waals surface area contributed by atoms with E-state index < -0.39 is 24.1 Å². The van der Waals surface area contributed by atoms with Crippen LogP contribution in [0.1, 0.15) is 24.0 Å². The molecule has 0 radical (unpaired) electrons. The largest absolute Gasteiger partial charge is 0.479 e. The van der Waals surface area contributed by atoms with Crippen molar-refractivity contribution in [2.45, 2.75) is 31.5 Å². The van der Waals surface area contributed by atoms with Gasteiger partial charge in [0, 0.05) is 11.6 Å². The summed E-state index contributed by atoms with van der Waals surface area (Å²) in [4.78, 5) is 19.5. The summed E-state index contributed by atoms with van der Waals surface area (Å²) in [6.45, 7) is 4.39. The lowest BCUT2D eigenvalue weighted by molar-refractivity contribution is -0.165. The molecule has 0 saturated carbocycles. The van der Waals surface area contributed by atoms with Crippen molar-refractivity contribution in [3.8, 4) is 0 Å². The minimum absolute atomic E-state index is 0.580. The smallest absolute Gasteiger partial charge is 0.335 e. The second kappa shape index (κ2) is 8.83. The zero-order valence-electron chi connectivity index (χ0n) is 12.6. The highest BCUT2D eigenvalue weighted by Gasteiger charge is 2.29. The third-order valence-electron chi connectivity index (χ3n) is 3.47. The van der Waals surface area contributed by atoms with E-state index in [0.29, 0.717) is 5.92 Å². The number of rotatable bonds is 3. The molecule has 0 saturated heterocycles. The maximum atomic E-state index is 9.77. The van der Waals surface area contributed by atoms with Gasteiger partial charge >= 0.3 is 11.9 Å². The normalized spacial score (nSPS) is 19.4. The van der Waals surface area contributed by atoms with Gasteiger partial charge in [-0.1, -0.05) is 24.6 Å². The number of fused-ring (bicyclic) bond motifs is 1. The lowest BCUT2D eigenvalue weighted by Crippen LogP contribution is -2.39. The third-order valence-corrected chi connectivity index (χ3v) is 3.70. The number of aliphatic carboxylic acids is 2. The van der Waals surface area contributed by atoms with E-state index in [-0.39, 0.29) is 0 Å². The Labute approximate surface area is 138 Å². The molecule has 0 amide bonds. The van der Waals surface area contributed by atoms with Gasteiger partial charge in [0.1, 0.15) is 0 Å². The van der Waals surface area contributed by atoms with Gasteiger partial charge in [0.05, 0.1) is 0 Å². The van der Waals surface area contributed by atoms with Crippen LogP contribution in [0, 0.1) is 0 Å². The highest BCUT2D eigenvalue weighted by Crippen LogP contribution is 2.25. The molecule has 1 aromatic rings. The van der Waals surface area contributed by atoms with E-state index in [2.05, 4.69) is 24.4 Å². The van der Waals surface area contributed by atoms with Crippen LogP contribution in [0.15, 0.2) is 18.2 Å². The highest BCUT2D eigenvalue weighted by atomic mass is 35.5. The fraction of sp³-hybridized carbons (Fsp3) is 0.467. The summed E-state index contributed by atoms with van der Waals surface area (Å²) in [5.74, 6) is -2.96. The monoisotopic (exact) mass is 345 g/mol. The number of aliphatic hydroxyl groups excluding tert-OH is 2. The van der Waals surface area contributed by atoms with Crippen LogP contribution in [0.3, 0.4) is 0 Å². The van der Waals surface area contributed by atoms with E-state index in [4.69, 9.17) is 32.0 Å². The lowest BCUT2D eigenvalue weighted by atomic mass is 9.96. The number of benzene rings is 1. The standard InChI is InChI=1S/C11H14ClN.C4H6O6/c1-8-7-13-5-4-9-2-3-10(12)6-11(8)9;5-1(3(7)8)2(6)4(9)10/h2-3,6,8,13H,4-5,7H2,1H3;1-2,5-6H,(H,7,8)(H,9,10). The first kappa shape index (κ1) is 19.4. The number of carbonyl (C=O) groups is 2. The molecule has 2 rings (SSSR count). The van der Waals surface area contributed by atoms with Gasteiger partial charge in [-0.25, -0.2) is 9.59 Å². The van der Waals surface area contributed by atoms with Crippen molar-refractivity contribution in [3.05, 3.63) is 34.3 Å². The van der Waals surface area contributed by atoms with Crippen molar-refractivity contribution in [2.24, 2.45) is 0 Å². The van der Waals surface area contributed by atoms with E-state index >= 15 is 0 Å². The van der Waals surface area contributed by atoms with Gasteiger partial charge in [-0.3, -0.25) is 0 Å². The van der Waals surface area contributed by atoms with Crippen LogP contribution < -0.4 is 5.32 Å². The Hall–Kier alpha value is -1.67. The average Bonchev–Trinajstić information content (AvgIpc) is 2.68. The maximum absolute atomic E-state index is 9.77. The van der Waals surface area contributed by atoms with Crippen LogP contribution in [0.2, 0.25) is 5.02 Å². The van der Waals surface area contributed by atoms with E-state index in [9.17, 15) is 9.59 Å². The van der Waals surface area contributed by atoms with Crippen molar-refractivity contribution in [2.75, 3.05) is 13.1 Å². The Morgan fingerprint density at radius 3 is 2.30 bits per heavy atom. The summed E-state index contributed by atoms with van der Waals surface area (Å²) in [5.41, 5.74) is 2.86. The Kier molecular flexibility index (Phi) is 7.44. The Morgan fingerprint density at radius 2 is 1.78 bits per heavy atom. The maximum Gasteiger partial charge on any atom is 0.335 e. The zero-order valence-corrected chi connectivity index (χ0v) is 13.3. The SMILES string of the molecule is CC1CNCCc2ccc(Cl)cc21.O=C(O)C(O)C(O)C(=O)O. The molecule has 3 atom stereocenters. The first-order valence-corrected chi connectivity index (χ1v) is 7.42. The van der Waals surface area contributed by atoms with Crippen LogP contribution in [0.25, 0.3) is 0 Å². The van der Waals surface area contributed by atoms with Gasteiger partial charge in [-0.15, -0.1) is 0 Å². The second-order valence-corrected chi connectivity index (χ2v) is 5.70. The van der Waals surface area contributed by atoms with E-state index in [1.165, 1.54) is 11.1 Å². The zero-order chi connectivity index (χ0) is 17.6. The fourth-order valence-corrected chi connectivity index (χ4v) is 2.35. The quantitative estimate of drug-likeness (QED) is 0.538. The number of carboxylic acid groups (broad SMARTS) is 2. The van der Waals surface area contributed by atoms with Crippen LogP contribution in [-0.2, 0) is 16.0 Å². The predicted molar refractivity (Wildman–Crippen MR) is 83.7 cm³/mol. The van der Waals surface area contributed by atoms with Crippen molar-refractivity contribution < 1.29 is 30.0 Å². The van der Waals surface area contributed by atoms with E-state index in [0.717, 1.165) is 24.5 Å². The Bertz CT molecular complexity index is 547. The van der Waals surface area contributed by atoms with Crippen LogP contribution >= 0.6 is 11.6 Å². The number of aliphatic hydroxyl groups is 2.